The zero-order chi connectivity index (χ0) is 11.3. The molecule has 0 aliphatic rings. The van der Waals surface area contributed by atoms with Crippen LogP contribution < -0.4 is 17.2 Å². The van der Waals surface area contributed by atoms with Crippen molar-refractivity contribution in [2.45, 2.75) is 12.4 Å². The third-order valence-electron chi connectivity index (χ3n) is 1.02. The predicted molar refractivity (Wildman–Crippen MR) is 40.3 cm³/mol. The van der Waals surface area contributed by atoms with E-state index < -0.39 is 30.5 Å². The minimum absolute atomic E-state index is 1.24. The first-order valence-electron chi connectivity index (χ1n) is 3.24. The molecule has 9 heteroatoms. The first kappa shape index (κ1) is 12.0. The average molecular weight is 207 g/mol. The quantitative estimate of drug-likeness (QED) is 0.367. The van der Waals surface area contributed by atoms with Crippen molar-refractivity contribution in [1.29, 1.82) is 0 Å². The lowest BCUT2D eigenvalue weighted by molar-refractivity contribution is -0.153. The largest absolute Gasteiger partial charge is 0.429 e. The number of ether oxygens (including phenoxy) is 2. The Morgan fingerprint density at radius 3 is 1.71 bits per heavy atom. The molecule has 0 rings (SSSR count). The fourth-order valence-corrected chi connectivity index (χ4v) is 0.563. The second-order valence-electron chi connectivity index (χ2n) is 2.09. The summed E-state index contributed by atoms with van der Waals surface area (Å²) < 4.78 is 7.99. The Morgan fingerprint density at radius 2 is 1.43 bits per heavy atom. The monoisotopic (exact) mass is 207 g/mol. The van der Waals surface area contributed by atoms with Crippen LogP contribution >= 0.6 is 0 Å². The number of aliphatic hydroxyl groups is 1. The predicted octanol–water partition coefficient (Wildman–Crippen LogP) is -2.65. The van der Waals surface area contributed by atoms with Gasteiger partial charge in [-0.25, -0.2) is 9.59 Å². The van der Waals surface area contributed by atoms with E-state index in [1.54, 1.807) is 0 Å². The van der Waals surface area contributed by atoms with Gasteiger partial charge in [0.25, 0.3) is 5.91 Å². The van der Waals surface area contributed by atoms with E-state index in [1.807, 2.05) is 0 Å². The molecule has 0 spiro atoms. The lowest BCUT2D eigenvalue weighted by atomic mass is 10.3. The highest BCUT2D eigenvalue weighted by Crippen LogP contribution is 2.01. The molecule has 9 nitrogen and oxygen atoms in total. The van der Waals surface area contributed by atoms with Crippen LogP contribution in [-0.2, 0) is 14.3 Å². The smallest absolute Gasteiger partial charge is 0.406 e. The number of carbonyl (C=O) groups is 3. The maximum absolute atomic E-state index is 10.6. The highest BCUT2D eigenvalue weighted by molar-refractivity contribution is 5.82. The van der Waals surface area contributed by atoms with E-state index in [1.165, 1.54) is 0 Å². The topological polar surface area (TPSA) is 168 Å². The van der Waals surface area contributed by atoms with Crippen LogP contribution in [-0.4, -0.2) is 35.6 Å². The van der Waals surface area contributed by atoms with Crippen molar-refractivity contribution in [2.24, 2.45) is 17.2 Å². The highest BCUT2D eigenvalue weighted by Gasteiger charge is 2.30. The molecule has 0 fully saturated rings. The van der Waals surface area contributed by atoms with Crippen LogP contribution in [0, 0.1) is 0 Å². The van der Waals surface area contributed by atoms with Gasteiger partial charge >= 0.3 is 12.2 Å². The zero-order valence-corrected chi connectivity index (χ0v) is 6.88. The summed E-state index contributed by atoms with van der Waals surface area (Å²) in [5, 5.41) is 8.94. The van der Waals surface area contributed by atoms with Gasteiger partial charge in [0.05, 0.1) is 0 Å². The van der Waals surface area contributed by atoms with Crippen molar-refractivity contribution < 1.29 is 29.0 Å². The number of hydrogen-bond acceptors (Lipinski definition) is 6. The molecule has 0 saturated carbocycles. The van der Waals surface area contributed by atoms with Gasteiger partial charge in [-0.2, -0.15) is 0 Å². The van der Waals surface area contributed by atoms with Crippen molar-refractivity contribution in [1.82, 2.24) is 0 Å². The summed E-state index contributed by atoms with van der Waals surface area (Å²) >= 11 is 0. The van der Waals surface area contributed by atoms with Gasteiger partial charge in [0, 0.05) is 0 Å². The molecular formula is C5H9N3O6. The van der Waals surface area contributed by atoms with Gasteiger partial charge in [-0.1, -0.05) is 0 Å². The van der Waals surface area contributed by atoms with Crippen molar-refractivity contribution in [2.75, 3.05) is 0 Å². The molecule has 14 heavy (non-hydrogen) atoms. The molecule has 2 atom stereocenters. The van der Waals surface area contributed by atoms with E-state index in [2.05, 4.69) is 20.9 Å². The SMILES string of the molecule is NC(=O)O[C@H](C(N)=O)[C@@H](O)OC(N)=O. The molecule has 0 aromatic rings. The molecule has 7 N–H and O–H groups in total. The molecule has 0 bridgehead atoms. The second-order valence-corrected chi connectivity index (χ2v) is 2.09. The number of aliphatic hydroxyl groups excluding tert-OH is 1. The summed E-state index contributed by atoms with van der Waals surface area (Å²) in [6.07, 6.45) is -6.70. The lowest BCUT2D eigenvalue weighted by Gasteiger charge is -2.17. The van der Waals surface area contributed by atoms with Crippen LogP contribution in [0.1, 0.15) is 0 Å². The lowest BCUT2D eigenvalue weighted by Crippen LogP contribution is -2.46. The van der Waals surface area contributed by atoms with Crippen molar-refractivity contribution >= 4 is 18.1 Å². The molecule has 0 aliphatic carbocycles. The number of nitrogens with two attached hydrogens (primary N) is 3. The normalized spacial score (nSPS) is 13.8. The number of hydrogen-bond donors (Lipinski definition) is 4. The van der Waals surface area contributed by atoms with Gasteiger partial charge in [-0.3, -0.25) is 4.79 Å². The first-order chi connectivity index (χ1) is 6.34. The van der Waals surface area contributed by atoms with E-state index in [4.69, 9.17) is 10.8 Å². The Balaban J connectivity index is 4.40. The Hall–Kier alpha value is -2.03. The second kappa shape index (κ2) is 4.87. The summed E-state index contributed by atoms with van der Waals surface area (Å²) in [6.45, 7) is 0. The highest BCUT2D eigenvalue weighted by atomic mass is 16.7. The van der Waals surface area contributed by atoms with E-state index >= 15 is 0 Å². The fourth-order valence-electron chi connectivity index (χ4n) is 0.563. The Kier molecular flexibility index (Phi) is 4.16. The summed E-state index contributed by atoms with van der Waals surface area (Å²) in [7, 11) is 0. The van der Waals surface area contributed by atoms with E-state index in [0.717, 1.165) is 0 Å². The average Bonchev–Trinajstić information content (AvgIpc) is 1.97. The summed E-state index contributed by atoms with van der Waals surface area (Å²) in [5.41, 5.74) is 13.8. The summed E-state index contributed by atoms with van der Waals surface area (Å²) in [4.78, 5) is 30.9. The number of rotatable bonds is 4. The molecule has 0 unspecified atom stereocenters. The third-order valence-corrected chi connectivity index (χ3v) is 1.02. The van der Waals surface area contributed by atoms with E-state index in [0.29, 0.717) is 0 Å². The standard InChI is InChI=1S/C5H9N3O6/c6-2(9)1(13-4(7)11)3(10)14-5(8)12/h1,3,10H,(H2,6,9)(H2,7,11)(H2,8,12)/t1-,3+/m1/s1. The minimum Gasteiger partial charge on any atom is -0.429 e. The van der Waals surface area contributed by atoms with Gasteiger partial charge in [-0.15, -0.1) is 0 Å². The molecule has 0 aromatic carbocycles. The number of amides is 3. The van der Waals surface area contributed by atoms with E-state index in [-0.39, 0.29) is 0 Å². The molecule has 0 radical (unpaired) electrons. The Morgan fingerprint density at radius 1 is 1.00 bits per heavy atom. The van der Waals surface area contributed by atoms with Crippen LogP contribution in [0.5, 0.6) is 0 Å². The van der Waals surface area contributed by atoms with Crippen molar-refractivity contribution in [3.63, 3.8) is 0 Å². The van der Waals surface area contributed by atoms with E-state index in [9.17, 15) is 14.4 Å². The molecule has 0 heterocycles. The van der Waals surface area contributed by atoms with Crippen molar-refractivity contribution in [3.05, 3.63) is 0 Å². The summed E-state index contributed by atoms with van der Waals surface area (Å²) in [6, 6.07) is 0. The first-order valence-corrected chi connectivity index (χ1v) is 3.24. The molecule has 0 aliphatic heterocycles. The number of primary amides is 3. The molecule has 80 valence electrons. The Labute approximate surface area is 77.7 Å². The maximum Gasteiger partial charge on any atom is 0.406 e. The van der Waals surface area contributed by atoms with Gasteiger partial charge < -0.3 is 31.8 Å². The summed E-state index contributed by atoms with van der Waals surface area (Å²) in [5.74, 6) is -1.24. The van der Waals surface area contributed by atoms with Crippen LogP contribution in [0.2, 0.25) is 0 Å². The Bertz CT molecular complexity index is 254. The maximum atomic E-state index is 10.6. The van der Waals surface area contributed by atoms with Gasteiger partial charge in [0.2, 0.25) is 12.4 Å². The van der Waals surface area contributed by atoms with Crippen molar-refractivity contribution in [3.8, 4) is 0 Å². The molecular weight excluding hydrogens is 198 g/mol. The number of carbonyl (C=O) groups excluding carboxylic acids is 3. The molecule has 0 aromatic heterocycles. The van der Waals surface area contributed by atoms with Crippen LogP contribution in [0.25, 0.3) is 0 Å². The van der Waals surface area contributed by atoms with Gasteiger partial charge in [0.15, 0.2) is 0 Å². The van der Waals surface area contributed by atoms with Crippen LogP contribution in [0.15, 0.2) is 0 Å². The zero-order valence-electron chi connectivity index (χ0n) is 6.88. The molecule has 0 saturated heterocycles. The fraction of sp³-hybridized carbons (Fsp3) is 0.400. The van der Waals surface area contributed by atoms with Crippen LogP contribution in [0.4, 0.5) is 9.59 Å². The van der Waals surface area contributed by atoms with Gasteiger partial charge in [0.1, 0.15) is 0 Å². The molecule has 3 amide bonds. The van der Waals surface area contributed by atoms with Gasteiger partial charge in [-0.05, 0) is 0 Å². The third kappa shape index (κ3) is 4.11. The minimum atomic E-state index is -2.09. The van der Waals surface area contributed by atoms with Crippen LogP contribution in [0.3, 0.4) is 0 Å².